The zero-order chi connectivity index (χ0) is 16.9. The Kier molecular flexibility index (Phi) is 5.52. The fraction of sp³-hybridized carbons (Fsp3) is 0.529. The molecule has 1 aliphatic rings. The lowest BCUT2D eigenvalue weighted by atomic mass is 10.2. The van der Waals surface area contributed by atoms with Crippen molar-refractivity contribution in [2.24, 2.45) is 0 Å². The first kappa shape index (κ1) is 17.0. The maximum absolute atomic E-state index is 12.4. The van der Waals surface area contributed by atoms with Crippen molar-refractivity contribution in [3.8, 4) is 0 Å². The Morgan fingerprint density at radius 2 is 2.29 bits per heavy atom. The van der Waals surface area contributed by atoms with Gasteiger partial charge < -0.3 is 14.7 Å². The van der Waals surface area contributed by atoms with Gasteiger partial charge in [0, 0.05) is 24.5 Å². The van der Waals surface area contributed by atoms with Crippen molar-refractivity contribution in [3.63, 3.8) is 0 Å². The zero-order valence-electron chi connectivity index (χ0n) is 14.2. The maximum atomic E-state index is 12.4. The fourth-order valence-electron chi connectivity index (χ4n) is 3.07. The molecule has 0 spiro atoms. The predicted molar refractivity (Wildman–Crippen MR) is 94.0 cm³/mol. The van der Waals surface area contributed by atoms with Crippen LogP contribution in [0.4, 0.5) is 4.79 Å². The number of aromatic nitrogens is 1. The number of nitrogens with one attached hydrogen (secondary N) is 1. The fourth-order valence-corrected chi connectivity index (χ4v) is 3.93. The third-order valence-corrected chi connectivity index (χ3v) is 5.30. The van der Waals surface area contributed by atoms with Gasteiger partial charge in [0.2, 0.25) is 0 Å². The summed E-state index contributed by atoms with van der Waals surface area (Å²) in [6, 6.07) is 6.25. The van der Waals surface area contributed by atoms with Crippen molar-refractivity contribution in [2.75, 3.05) is 26.7 Å². The molecule has 1 saturated heterocycles. The first-order chi connectivity index (χ1) is 11.6. The van der Waals surface area contributed by atoms with E-state index in [1.54, 1.807) is 23.3 Å². The molecule has 0 aromatic carbocycles. The van der Waals surface area contributed by atoms with Crippen LogP contribution >= 0.6 is 11.3 Å². The van der Waals surface area contributed by atoms with E-state index >= 15 is 0 Å². The van der Waals surface area contributed by atoms with Crippen molar-refractivity contribution in [1.82, 2.24) is 20.3 Å². The van der Waals surface area contributed by atoms with Gasteiger partial charge in [-0.3, -0.25) is 4.90 Å². The van der Waals surface area contributed by atoms with Gasteiger partial charge in [-0.1, -0.05) is 11.2 Å². The summed E-state index contributed by atoms with van der Waals surface area (Å²) >= 11 is 1.75. The number of rotatable bonds is 6. The lowest BCUT2D eigenvalue weighted by molar-refractivity contribution is 0.195. The van der Waals surface area contributed by atoms with Crippen LogP contribution in [0.25, 0.3) is 0 Å². The molecule has 0 aliphatic carbocycles. The molecule has 1 atom stereocenters. The molecule has 7 heteroatoms. The quantitative estimate of drug-likeness (QED) is 0.872. The Morgan fingerprint density at radius 1 is 1.50 bits per heavy atom. The molecule has 1 N–H and O–H groups in total. The molecule has 3 heterocycles. The lowest BCUT2D eigenvalue weighted by Gasteiger charge is -2.28. The number of urea groups is 1. The minimum absolute atomic E-state index is 0.0867. The molecular weight excluding hydrogens is 324 g/mol. The smallest absolute Gasteiger partial charge is 0.317 e. The number of hydrogen-bond donors (Lipinski definition) is 1. The Balaban J connectivity index is 1.56. The number of carbonyl (C=O) groups excluding carboxylic acids is 1. The molecule has 0 saturated carbocycles. The van der Waals surface area contributed by atoms with E-state index < -0.39 is 0 Å². The average Bonchev–Trinajstić information content (AvgIpc) is 3.30. The summed E-state index contributed by atoms with van der Waals surface area (Å²) in [5.74, 6) is 0.755. The topological polar surface area (TPSA) is 61.6 Å². The largest absolute Gasteiger partial charge is 0.361 e. The molecule has 6 nitrogen and oxygen atoms in total. The van der Waals surface area contributed by atoms with Crippen LogP contribution < -0.4 is 5.32 Å². The molecule has 3 rings (SSSR count). The number of carbonyl (C=O) groups is 1. The summed E-state index contributed by atoms with van der Waals surface area (Å²) in [5.41, 5.74) is 0.763. The number of nitrogens with zero attached hydrogens (tertiary/aromatic N) is 3. The number of amides is 2. The van der Waals surface area contributed by atoms with E-state index in [0.717, 1.165) is 24.5 Å². The molecular formula is C17H24N4O2S. The van der Waals surface area contributed by atoms with Gasteiger partial charge in [0.1, 0.15) is 11.5 Å². The van der Waals surface area contributed by atoms with E-state index in [9.17, 15) is 4.79 Å². The Hall–Kier alpha value is -1.86. The number of likely N-dealkylation sites (tertiary alicyclic amines) is 1. The third-order valence-electron chi connectivity index (χ3n) is 4.32. The third kappa shape index (κ3) is 4.15. The molecule has 0 bridgehead atoms. The van der Waals surface area contributed by atoms with Crippen LogP contribution in [-0.4, -0.2) is 47.7 Å². The first-order valence-electron chi connectivity index (χ1n) is 8.32. The highest BCUT2D eigenvalue weighted by Crippen LogP contribution is 2.27. The van der Waals surface area contributed by atoms with Crippen LogP contribution in [0.1, 0.15) is 35.2 Å². The van der Waals surface area contributed by atoms with E-state index in [-0.39, 0.29) is 12.1 Å². The SMILES string of the molecule is Cc1cc(CN(C)C(=O)NCC(c2cccs2)N2CCCC2)no1. The van der Waals surface area contributed by atoms with E-state index in [1.165, 1.54) is 17.7 Å². The van der Waals surface area contributed by atoms with Gasteiger partial charge in [0.05, 0.1) is 12.6 Å². The maximum Gasteiger partial charge on any atom is 0.317 e. The minimum Gasteiger partial charge on any atom is -0.361 e. The van der Waals surface area contributed by atoms with Crippen LogP contribution in [-0.2, 0) is 6.54 Å². The Morgan fingerprint density at radius 3 is 2.92 bits per heavy atom. The van der Waals surface area contributed by atoms with Gasteiger partial charge in [-0.05, 0) is 44.3 Å². The van der Waals surface area contributed by atoms with Gasteiger partial charge in [0.15, 0.2) is 0 Å². The Labute approximate surface area is 146 Å². The second-order valence-corrected chi connectivity index (χ2v) is 7.22. The van der Waals surface area contributed by atoms with Crippen molar-refractivity contribution in [3.05, 3.63) is 39.9 Å². The van der Waals surface area contributed by atoms with Crippen molar-refractivity contribution < 1.29 is 9.32 Å². The summed E-state index contributed by atoms with van der Waals surface area (Å²) in [6.07, 6.45) is 2.47. The molecule has 130 valence electrons. The van der Waals surface area contributed by atoms with Crippen LogP contribution in [0, 0.1) is 6.92 Å². The van der Waals surface area contributed by atoms with Crippen molar-refractivity contribution >= 4 is 17.4 Å². The predicted octanol–water partition coefficient (Wildman–Crippen LogP) is 3.02. The molecule has 1 unspecified atom stereocenters. The molecule has 2 amide bonds. The summed E-state index contributed by atoms with van der Waals surface area (Å²) in [4.78, 5) is 17.8. The number of aryl methyl sites for hydroxylation is 1. The summed E-state index contributed by atoms with van der Waals surface area (Å²) in [6.45, 7) is 5.12. The van der Waals surface area contributed by atoms with Gasteiger partial charge in [0.25, 0.3) is 0 Å². The van der Waals surface area contributed by atoms with E-state index in [4.69, 9.17) is 4.52 Å². The van der Waals surface area contributed by atoms with Crippen molar-refractivity contribution in [1.29, 1.82) is 0 Å². The first-order valence-corrected chi connectivity index (χ1v) is 9.20. The van der Waals surface area contributed by atoms with Crippen LogP contribution in [0.3, 0.4) is 0 Å². The van der Waals surface area contributed by atoms with Gasteiger partial charge in [-0.25, -0.2) is 4.79 Å². The zero-order valence-corrected chi connectivity index (χ0v) is 15.0. The summed E-state index contributed by atoms with van der Waals surface area (Å²) in [5, 5.41) is 9.10. The van der Waals surface area contributed by atoms with Gasteiger partial charge in [-0.15, -0.1) is 11.3 Å². The number of hydrogen-bond acceptors (Lipinski definition) is 5. The molecule has 1 fully saturated rings. The molecule has 2 aromatic heterocycles. The van der Waals surface area contributed by atoms with E-state index in [1.807, 2.05) is 13.0 Å². The van der Waals surface area contributed by atoms with Gasteiger partial charge in [-0.2, -0.15) is 0 Å². The average molecular weight is 348 g/mol. The highest BCUT2D eigenvalue weighted by molar-refractivity contribution is 7.10. The minimum atomic E-state index is -0.0867. The normalized spacial score (nSPS) is 16.2. The molecule has 0 radical (unpaired) electrons. The highest BCUT2D eigenvalue weighted by atomic mass is 32.1. The highest BCUT2D eigenvalue weighted by Gasteiger charge is 2.25. The van der Waals surface area contributed by atoms with Crippen LogP contribution in [0.5, 0.6) is 0 Å². The second-order valence-electron chi connectivity index (χ2n) is 6.25. The Bertz CT molecular complexity index is 649. The molecule has 2 aromatic rings. The monoisotopic (exact) mass is 348 g/mol. The summed E-state index contributed by atoms with van der Waals surface area (Å²) < 4.78 is 5.05. The number of thiophene rings is 1. The van der Waals surface area contributed by atoms with Crippen molar-refractivity contribution in [2.45, 2.75) is 32.4 Å². The van der Waals surface area contributed by atoms with Crippen LogP contribution in [0.15, 0.2) is 28.1 Å². The van der Waals surface area contributed by atoms with E-state index in [2.05, 4.69) is 32.9 Å². The van der Waals surface area contributed by atoms with Crippen LogP contribution in [0.2, 0.25) is 0 Å². The molecule has 1 aliphatic heterocycles. The lowest BCUT2D eigenvalue weighted by Crippen LogP contribution is -2.42. The standard InChI is InChI=1S/C17H24N4O2S/c1-13-10-14(19-23-13)12-20(2)17(22)18-11-15(16-6-5-9-24-16)21-7-3-4-8-21/h5-6,9-10,15H,3-4,7-8,11-12H2,1-2H3,(H,18,22). The van der Waals surface area contributed by atoms with E-state index in [0.29, 0.717) is 13.1 Å². The second kappa shape index (κ2) is 7.81. The summed E-state index contributed by atoms with van der Waals surface area (Å²) in [7, 11) is 1.77. The van der Waals surface area contributed by atoms with Gasteiger partial charge >= 0.3 is 6.03 Å². The molecule has 24 heavy (non-hydrogen) atoms.